The van der Waals surface area contributed by atoms with E-state index in [0.29, 0.717) is 28.8 Å². The number of carbonyl (C=O) groups excluding carboxylic acids is 1. The molecule has 1 saturated carbocycles. The summed E-state index contributed by atoms with van der Waals surface area (Å²) >= 11 is 0. The molecule has 1 saturated heterocycles. The molecular formula is C22H21F2N9O. The lowest BCUT2D eigenvalue weighted by atomic mass is 10.2. The molecule has 2 aliphatic rings. The maximum Gasteiger partial charge on any atom is 0.247 e. The number of alkyl halides is 1. The van der Waals surface area contributed by atoms with Gasteiger partial charge in [0.2, 0.25) is 17.8 Å². The topological polar surface area (TPSA) is 116 Å². The van der Waals surface area contributed by atoms with Crippen LogP contribution in [0.2, 0.25) is 0 Å². The standard InChI is InChI=1S/C22H21F2N9O/c23-13-8-17(21(34)26-14-5-6-18(24)25-10-14)32(11-13)22-28-20(16-2-1-7-33(16)31-22)27-19-9-15(29-30-19)12-3-4-12/h1-2,5-7,9-10,12-13,17H,3-4,8,11H2,(H,26,34)(H2,27,28,29,30,31)/t13-,17+/m1/s1. The number of fused-ring (bicyclic) bond motifs is 1. The molecule has 6 rings (SSSR count). The highest BCUT2D eigenvalue weighted by Gasteiger charge is 2.39. The first-order chi connectivity index (χ1) is 16.5. The van der Waals surface area contributed by atoms with Gasteiger partial charge < -0.3 is 15.5 Å². The Bertz CT molecular complexity index is 1350. The van der Waals surface area contributed by atoms with Crippen LogP contribution >= 0.6 is 0 Å². The van der Waals surface area contributed by atoms with E-state index in [1.165, 1.54) is 12.3 Å². The lowest BCUT2D eigenvalue weighted by Crippen LogP contribution is -2.41. The zero-order valence-electron chi connectivity index (χ0n) is 17.9. The van der Waals surface area contributed by atoms with E-state index in [-0.39, 0.29) is 18.9 Å². The summed E-state index contributed by atoms with van der Waals surface area (Å²) in [7, 11) is 0. The van der Waals surface area contributed by atoms with E-state index in [2.05, 4.69) is 35.9 Å². The molecule has 2 fully saturated rings. The van der Waals surface area contributed by atoms with Crippen LogP contribution in [0.1, 0.15) is 30.9 Å². The zero-order chi connectivity index (χ0) is 23.2. The largest absolute Gasteiger partial charge is 0.324 e. The Hall–Kier alpha value is -4.09. The number of hydrogen-bond acceptors (Lipinski definition) is 7. The molecule has 5 heterocycles. The maximum absolute atomic E-state index is 14.5. The molecule has 12 heteroatoms. The first-order valence-electron chi connectivity index (χ1n) is 11.0. The molecule has 10 nitrogen and oxygen atoms in total. The van der Waals surface area contributed by atoms with Crippen molar-refractivity contribution >= 4 is 34.7 Å². The fraction of sp³-hybridized carbons (Fsp3) is 0.318. The summed E-state index contributed by atoms with van der Waals surface area (Å²) in [5.74, 6) is 0.755. The van der Waals surface area contributed by atoms with Crippen molar-refractivity contribution in [3.8, 4) is 0 Å². The predicted octanol–water partition coefficient (Wildman–Crippen LogP) is 3.16. The van der Waals surface area contributed by atoms with Crippen molar-refractivity contribution in [1.82, 2.24) is 29.8 Å². The van der Waals surface area contributed by atoms with Crippen LogP contribution in [0.4, 0.5) is 32.1 Å². The van der Waals surface area contributed by atoms with Gasteiger partial charge in [-0.15, -0.1) is 5.10 Å². The average Bonchev–Trinajstić information content (AvgIpc) is 3.20. The number of rotatable bonds is 6. The van der Waals surface area contributed by atoms with Crippen molar-refractivity contribution in [3.63, 3.8) is 0 Å². The van der Waals surface area contributed by atoms with Gasteiger partial charge in [-0.1, -0.05) is 0 Å². The van der Waals surface area contributed by atoms with Gasteiger partial charge in [0.1, 0.15) is 17.7 Å². The molecule has 174 valence electrons. The first-order valence-corrected chi connectivity index (χ1v) is 11.0. The molecule has 34 heavy (non-hydrogen) atoms. The summed E-state index contributed by atoms with van der Waals surface area (Å²) in [6.07, 6.45) is 4.03. The summed E-state index contributed by atoms with van der Waals surface area (Å²) in [6, 6.07) is 7.34. The van der Waals surface area contributed by atoms with E-state index in [9.17, 15) is 13.6 Å². The second-order valence-corrected chi connectivity index (χ2v) is 8.57. The number of nitrogens with one attached hydrogen (secondary N) is 3. The minimum Gasteiger partial charge on any atom is -0.324 e. The fourth-order valence-corrected chi connectivity index (χ4v) is 4.19. The molecule has 1 aliphatic carbocycles. The molecule has 0 radical (unpaired) electrons. The normalized spacial score (nSPS) is 20.1. The van der Waals surface area contributed by atoms with E-state index in [1.54, 1.807) is 15.6 Å². The maximum atomic E-state index is 14.5. The van der Waals surface area contributed by atoms with Crippen LogP contribution in [0.3, 0.4) is 0 Å². The Balaban J connectivity index is 1.29. The molecule has 1 aliphatic heterocycles. The molecule has 0 bridgehead atoms. The lowest BCUT2D eigenvalue weighted by molar-refractivity contribution is -0.117. The van der Waals surface area contributed by atoms with Gasteiger partial charge in [0.05, 0.1) is 18.4 Å². The van der Waals surface area contributed by atoms with Gasteiger partial charge in [-0.3, -0.25) is 9.89 Å². The van der Waals surface area contributed by atoms with Crippen LogP contribution in [-0.2, 0) is 4.79 Å². The zero-order valence-corrected chi connectivity index (χ0v) is 17.9. The smallest absolute Gasteiger partial charge is 0.247 e. The number of anilines is 4. The van der Waals surface area contributed by atoms with Crippen LogP contribution < -0.4 is 15.5 Å². The Morgan fingerprint density at radius 3 is 2.91 bits per heavy atom. The minimum absolute atomic E-state index is 0.0135. The van der Waals surface area contributed by atoms with Gasteiger partial charge in [-0.05, 0) is 37.1 Å². The average molecular weight is 465 g/mol. The highest BCUT2D eigenvalue weighted by molar-refractivity contribution is 5.97. The number of aromatic amines is 1. The third-order valence-electron chi connectivity index (χ3n) is 6.05. The van der Waals surface area contributed by atoms with Crippen molar-refractivity contribution in [1.29, 1.82) is 0 Å². The van der Waals surface area contributed by atoms with Crippen molar-refractivity contribution in [2.24, 2.45) is 0 Å². The summed E-state index contributed by atoms with van der Waals surface area (Å²) in [5, 5.41) is 17.8. The molecule has 4 aromatic heterocycles. The van der Waals surface area contributed by atoms with Crippen LogP contribution in [-0.4, -0.2) is 54.4 Å². The van der Waals surface area contributed by atoms with E-state index in [4.69, 9.17) is 0 Å². The summed E-state index contributed by atoms with van der Waals surface area (Å²) in [5.41, 5.74) is 2.12. The summed E-state index contributed by atoms with van der Waals surface area (Å²) in [4.78, 5) is 22.7. The summed E-state index contributed by atoms with van der Waals surface area (Å²) in [6.45, 7) is -0.0276. The second kappa shape index (κ2) is 8.04. The third-order valence-corrected chi connectivity index (χ3v) is 6.05. The van der Waals surface area contributed by atoms with Crippen LogP contribution in [0, 0.1) is 5.95 Å². The van der Waals surface area contributed by atoms with E-state index >= 15 is 0 Å². The number of halogens is 2. The Morgan fingerprint density at radius 1 is 1.24 bits per heavy atom. The van der Waals surface area contributed by atoms with Gasteiger partial charge in [0.25, 0.3) is 0 Å². The number of nitrogens with zero attached hydrogens (tertiary/aromatic N) is 6. The van der Waals surface area contributed by atoms with Crippen molar-refractivity contribution in [2.75, 3.05) is 22.1 Å². The van der Waals surface area contributed by atoms with E-state index in [1.807, 2.05) is 18.2 Å². The minimum atomic E-state index is -1.23. The van der Waals surface area contributed by atoms with Gasteiger partial charge in [0, 0.05) is 30.3 Å². The molecule has 0 spiro atoms. The second-order valence-electron chi connectivity index (χ2n) is 8.57. The summed E-state index contributed by atoms with van der Waals surface area (Å²) < 4.78 is 29.2. The highest BCUT2D eigenvalue weighted by Crippen LogP contribution is 2.39. The SMILES string of the molecule is O=C(Nc1ccc(F)nc1)[C@@H]1C[C@@H](F)CN1c1nc(Nc2cc(C3CC3)[nH]n2)c2cccn2n1. The molecule has 2 atom stereocenters. The van der Waals surface area contributed by atoms with E-state index < -0.39 is 24.1 Å². The van der Waals surface area contributed by atoms with E-state index in [0.717, 1.165) is 24.6 Å². The van der Waals surface area contributed by atoms with Gasteiger partial charge in [-0.25, -0.2) is 13.9 Å². The van der Waals surface area contributed by atoms with Gasteiger partial charge >= 0.3 is 0 Å². The fourth-order valence-electron chi connectivity index (χ4n) is 4.19. The quantitative estimate of drug-likeness (QED) is 0.375. The Morgan fingerprint density at radius 2 is 2.12 bits per heavy atom. The van der Waals surface area contributed by atoms with Crippen molar-refractivity contribution < 1.29 is 13.6 Å². The Kier molecular flexibility index (Phi) is 4.85. The predicted molar refractivity (Wildman–Crippen MR) is 120 cm³/mol. The van der Waals surface area contributed by atoms with Crippen molar-refractivity contribution in [3.05, 3.63) is 54.4 Å². The highest BCUT2D eigenvalue weighted by atomic mass is 19.1. The molecule has 1 amide bonds. The lowest BCUT2D eigenvalue weighted by Gasteiger charge is -2.24. The number of pyridine rings is 1. The van der Waals surface area contributed by atoms with Crippen LogP contribution in [0.5, 0.6) is 0 Å². The number of amides is 1. The van der Waals surface area contributed by atoms with Gasteiger partial charge in [0.15, 0.2) is 11.6 Å². The molecule has 3 N–H and O–H groups in total. The molecule has 0 unspecified atom stereocenters. The molecule has 0 aromatic carbocycles. The first kappa shape index (κ1) is 20.5. The molecule has 4 aromatic rings. The number of hydrogen-bond donors (Lipinski definition) is 3. The van der Waals surface area contributed by atoms with Crippen LogP contribution in [0.15, 0.2) is 42.7 Å². The number of carbonyl (C=O) groups is 1. The molecular weight excluding hydrogens is 444 g/mol. The van der Waals surface area contributed by atoms with Crippen LogP contribution in [0.25, 0.3) is 5.52 Å². The van der Waals surface area contributed by atoms with Gasteiger partial charge in [-0.2, -0.15) is 14.5 Å². The number of H-pyrrole nitrogens is 1. The number of aromatic nitrogens is 6. The Labute approximate surface area is 192 Å². The monoisotopic (exact) mass is 465 g/mol. The van der Waals surface area contributed by atoms with Crippen molar-refractivity contribution in [2.45, 2.75) is 37.4 Å². The third kappa shape index (κ3) is 3.91.